The predicted octanol–water partition coefficient (Wildman–Crippen LogP) is 9.47. The Balaban J connectivity index is 1.31. The van der Waals surface area contributed by atoms with Crippen molar-refractivity contribution in [2.75, 3.05) is 0 Å². The molecule has 0 radical (unpaired) electrons. The lowest BCUT2D eigenvalue weighted by Crippen LogP contribution is -2.13. The van der Waals surface area contributed by atoms with Crippen LogP contribution < -0.4 is 4.74 Å². The van der Waals surface area contributed by atoms with Crippen LogP contribution in [0.15, 0.2) is 121 Å². The maximum Gasteiger partial charge on any atom is 0.221 e. The van der Waals surface area contributed by atoms with Gasteiger partial charge in [0.15, 0.2) is 0 Å². The molecule has 0 spiro atoms. The summed E-state index contributed by atoms with van der Waals surface area (Å²) in [6, 6.07) is 38.3. The molecule has 0 aliphatic heterocycles. The topological polar surface area (TPSA) is 65.1 Å². The van der Waals surface area contributed by atoms with Crippen LogP contribution in [-0.4, -0.2) is 24.2 Å². The van der Waals surface area contributed by atoms with E-state index in [1.54, 1.807) is 6.07 Å². The quantitative estimate of drug-likeness (QED) is 0.227. The molecular weight excluding hydrogens is 544 g/mol. The molecule has 0 unspecified atom stereocenters. The molecule has 8 aromatic rings. The second kappa shape index (κ2) is 9.71. The highest BCUT2D eigenvalue weighted by molar-refractivity contribution is 6.12. The number of ether oxygens (including phenoxy) is 1. The van der Waals surface area contributed by atoms with Gasteiger partial charge >= 0.3 is 0 Å². The van der Waals surface area contributed by atoms with E-state index in [-0.39, 0.29) is 11.2 Å². The summed E-state index contributed by atoms with van der Waals surface area (Å²) >= 11 is 0. The Morgan fingerprint density at radius 2 is 1.41 bits per heavy atom. The minimum atomic E-state index is -0.152. The van der Waals surface area contributed by atoms with Gasteiger partial charge in [-0.2, -0.15) is 4.98 Å². The summed E-state index contributed by atoms with van der Waals surface area (Å²) < 4.78 is 10.8. The van der Waals surface area contributed by atoms with Crippen LogP contribution in [-0.2, 0) is 5.41 Å². The second-order valence-electron chi connectivity index (χ2n) is 12.2. The smallest absolute Gasteiger partial charge is 0.221 e. The lowest BCUT2D eigenvalue weighted by molar-refractivity contribution is 0.458. The lowest BCUT2D eigenvalue weighted by Gasteiger charge is -2.21. The van der Waals surface area contributed by atoms with Gasteiger partial charge in [-0.25, -0.2) is 4.98 Å². The Bertz CT molecular complexity index is 2310. The van der Waals surface area contributed by atoms with Gasteiger partial charge in [0.2, 0.25) is 5.88 Å². The van der Waals surface area contributed by atoms with Crippen molar-refractivity contribution < 1.29 is 9.84 Å². The minimum Gasteiger partial charge on any atom is -0.507 e. The number of hydrogen-bond acceptors (Lipinski definition) is 4. The van der Waals surface area contributed by atoms with Crippen LogP contribution in [0.1, 0.15) is 26.3 Å². The Morgan fingerprint density at radius 3 is 2.25 bits per heavy atom. The fraction of sp³-hybridized carbons (Fsp3) is 0.105. The molecular formula is C38H30N4O2. The van der Waals surface area contributed by atoms with Crippen LogP contribution in [0.3, 0.4) is 0 Å². The molecule has 214 valence electrons. The molecule has 6 nitrogen and oxygen atoms in total. The minimum absolute atomic E-state index is 0.152. The van der Waals surface area contributed by atoms with E-state index in [0.29, 0.717) is 11.6 Å². The molecule has 1 N–H and O–H groups in total. The Morgan fingerprint density at radius 1 is 0.659 bits per heavy atom. The molecule has 6 heteroatoms. The number of nitrogens with zero attached hydrogens (tertiary/aromatic N) is 4. The first-order valence-corrected chi connectivity index (χ1v) is 14.7. The van der Waals surface area contributed by atoms with Gasteiger partial charge in [-0.1, -0.05) is 63.2 Å². The summed E-state index contributed by atoms with van der Waals surface area (Å²) in [5.41, 5.74) is 5.77. The van der Waals surface area contributed by atoms with Gasteiger partial charge in [0.1, 0.15) is 23.0 Å². The van der Waals surface area contributed by atoms with Gasteiger partial charge < -0.3 is 14.4 Å². The Kier molecular flexibility index (Phi) is 5.75. The van der Waals surface area contributed by atoms with Crippen LogP contribution in [0.2, 0.25) is 0 Å². The largest absolute Gasteiger partial charge is 0.507 e. The van der Waals surface area contributed by atoms with Crippen molar-refractivity contribution in [2.45, 2.75) is 26.2 Å². The van der Waals surface area contributed by atoms with Crippen LogP contribution in [0.4, 0.5) is 0 Å². The number of hydrogen-bond donors (Lipinski definition) is 1. The number of rotatable bonds is 4. The number of aromatic hydroxyl groups is 1. The fourth-order valence-electron chi connectivity index (χ4n) is 6.19. The molecule has 0 saturated carbocycles. The van der Waals surface area contributed by atoms with Crippen molar-refractivity contribution in [3.8, 4) is 28.9 Å². The van der Waals surface area contributed by atoms with E-state index in [0.717, 1.165) is 60.8 Å². The molecule has 8 rings (SSSR count). The van der Waals surface area contributed by atoms with E-state index in [1.807, 2.05) is 72.9 Å². The zero-order chi connectivity index (χ0) is 30.0. The van der Waals surface area contributed by atoms with Crippen LogP contribution in [0.5, 0.6) is 17.4 Å². The lowest BCUT2D eigenvalue weighted by atomic mass is 9.87. The van der Waals surface area contributed by atoms with E-state index in [9.17, 15) is 5.11 Å². The van der Waals surface area contributed by atoms with Crippen LogP contribution >= 0.6 is 0 Å². The number of phenolic OH excluding ortho intramolecular Hbond substituents is 1. The first kappa shape index (κ1) is 26.0. The van der Waals surface area contributed by atoms with Gasteiger partial charge in [0, 0.05) is 39.5 Å². The standard InChI is InChI=1S/C38H30N4O2/c1-38(2,3)24-21-34(42-30-15-8-7-13-27(30)28-14-10-20-39-37(28)42)40-35(22-24)44-26-18-19-31-29(23-26)36-32(16-9-17-33(36)43)41(31)25-11-5-4-6-12-25/h4-23,43H,1-3H3. The van der Waals surface area contributed by atoms with Crippen molar-refractivity contribution in [3.63, 3.8) is 0 Å². The average Bonchev–Trinajstić information content (AvgIpc) is 3.54. The van der Waals surface area contributed by atoms with Crippen molar-refractivity contribution in [1.82, 2.24) is 19.1 Å². The van der Waals surface area contributed by atoms with Crippen LogP contribution in [0, 0.1) is 0 Å². The molecule has 0 atom stereocenters. The van der Waals surface area contributed by atoms with Gasteiger partial charge in [-0.05, 0) is 77.7 Å². The van der Waals surface area contributed by atoms with Gasteiger partial charge in [-0.15, -0.1) is 0 Å². The van der Waals surface area contributed by atoms with Crippen LogP contribution in [0.25, 0.3) is 55.2 Å². The number of fused-ring (bicyclic) bond motifs is 6. The monoisotopic (exact) mass is 574 g/mol. The Labute approximate surface area is 254 Å². The van der Waals surface area contributed by atoms with Crippen molar-refractivity contribution in [2.24, 2.45) is 0 Å². The third-order valence-corrected chi connectivity index (χ3v) is 8.29. The number of aromatic nitrogens is 4. The molecule has 0 fully saturated rings. The SMILES string of the molecule is CC(C)(C)c1cc(Oc2ccc3c(c2)c2c(O)cccc2n3-c2ccccc2)nc(-n2c3ccccc3c3cccnc32)c1. The molecule has 4 heterocycles. The molecule has 0 aliphatic carbocycles. The zero-order valence-electron chi connectivity index (χ0n) is 24.7. The van der Waals surface area contributed by atoms with E-state index in [1.165, 1.54) is 0 Å². The fourth-order valence-corrected chi connectivity index (χ4v) is 6.19. The maximum absolute atomic E-state index is 11.0. The maximum atomic E-state index is 11.0. The van der Waals surface area contributed by atoms with E-state index in [2.05, 4.69) is 72.4 Å². The molecule has 0 bridgehead atoms. The summed E-state index contributed by atoms with van der Waals surface area (Å²) in [6.45, 7) is 6.56. The summed E-state index contributed by atoms with van der Waals surface area (Å²) in [5, 5.41) is 14.9. The first-order valence-electron chi connectivity index (χ1n) is 14.7. The zero-order valence-corrected chi connectivity index (χ0v) is 24.7. The highest BCUT2D eigenvalue weighted by Crippen LogP contribution is 2.40. The van der Waals surface area contributed by atoms with Crippen molar-refractivity contribution in [1.29, 1.82) is 0 Å². The van der Waals surface area contributed by atoms with Gasteiger partial charge in [0.25, 0.3) is 0 Å². The Hall–Kier alpha value is -5.62. The molecule has 0 aliphatic rings. The highest BCUT2D eigenvalue weighted by atomic mass is 16.5. The number of para-hydroxylation sites is 2. The number of phenols is 1. The first-order chi connectivity index (χ1) is 21.4. The summed E-state index contributed by atoms with van der Waals surface area (Å²) in [4.78, 5) is 9.80. The van der Waals surface area contributed by atoms with E-state index in [4.69, 9.17) is 14.7 Å². The van der Waals surface area contributed by atoms with E-state index >= 15 is 0 Å². The highest BCUT2D eigenvalue weighted by Gasteiger charge is 2.21. The predicted molar refractivity (Wildman–Crippen MR) is 178 cm³/mol. The second-order valence-corrected chi connectivity index (χ2v) is 12.2. The molecule has 4 aromatic carbocycles. The van der Waals surface area contributed by atoms with E-state index < -0.39 is 0 Å². The third kappa shape index (κ3) is 4.10. The van der Waals surface area contributed by atoms with Crippen molar-refractivity contribution >= 4 is 43.7 Å². The summed E-state index contributed by atoms with van der Waals surface area (Å²) in [5.74, 6) is 2.10. The normalized spacial score (nSPS) is 12.1. The molecule has 4 aromatic heterocycles. The van der Waals surface area contributed by atoms with Gasteiger partial charge in [0.05, 0.1) is 16.6 Å². The molecule has 0 amide bonds. The number of benzene rings is 4. The summed E-state index contributed by atoms with van der Waals surface area (Å²) in [7, 11) is 0. The van der Waals surface area contributed by atoms with Crippen molar-refractivity contribution in [3.05, 3.63) is 127 Å². The molecule has 0 saturated heterocycles. The van der Waals surface area contributed by atoms with Gasteiger partial charge in [-0.3, -0.25) is 4.57 Å². The average molecular weight is 575 g/mol. The third-order valence-electron chi connectivity index (χ3n) is 8.29. The summed E-state index contributed by atoms with van der Waals surface area (Å²) in [6.07, 6.45) is 1.82. The number of pyridine rings is 2. The molecule has 44 heavy (non-hydrogen) atoms.